The molecule has 108 valence electrons. The molecular formula is C21H18O. The molecule has 4 rings (SSSR count). The molecule has 1 heteroatoms. The van der Waals surface area contributed by atoms with Crippen molar-refractivity contribution < 1.29 is 5.11 Å². The molecule has 0 radical (unpaired) electrons. The highest BCUT2D eigenvalue weighted by Crippen LogP contribution is 2.22. The van der Waals surface area contributed by atoms with Gasteiger partial charge < -0.3 is 5.11 Å². The summed E-state index contributed by atoms with van der Waals surface area (Å²) >= 11 is 0. The maximum absolute atomic E-state index is 8.76. The number of rotatable bonds is 0. The van der Waals surface area contributed by atoms with E-state index < -0.39 is 0 Å². The lowest BCUT2D eigenvalue weighted by Crippen LogP contribution is -1.74. The second-order valence-electron chi connectivity index (χ2n) is 5.38. The van der Waals surface area contributed by atoms with E-state index in [4.69, 9.17) is 5.11 Å². The van der Waals surface area contributed by atoms with E-state index >= 15 is 0 Å². The van der Waals surface area contributed by atoms with Gasteiger partial charge in [0.1, 0.15) is 5.75 Å². The van der Waals surface area contributed by atoms with Crippen molar-refractivity contribution in [2.75, 3.05) is 0 Å². The van der Waals surface area contributed by atoms with Crippen molar-refractivity contribution in [3.05, 3.63) is 90.5 Å². The topological polar surface area (TPSA) is 20.2 Å². The van der Waals surface area contributed by atoms with Crippen molar-refractivity contribution in [2.45, 2.75) is 6.92 Å². The molecule has 0 fully saturated rings. The van der Waals surface area contributed by atoms with E-state index in [1.54, 1.807) is 12.1 Å². The fourth-order valence-electron chi connectivity index (χ4n) is 2.43. The minimum atomic E-state index is 0.329. The lowest BCUT2D eigenvalue weighted by Gasteiger charge is -2.00. The highest BCUT2D eigenvalue weighted by Gasteiger charge is 1.95. The molecule has 4 aromatic rings. The Kier molecular flexibility index (Phi) is 4.06. The monoisotopic (exact) mass is 286 g/mol. The van der Waals surface area contributed by atoms with Gasteiger partial charge in [-0.2, -0.15) is 0 Å². The van der Waals surface area contributed by atoms with Crippen molar-refractivity contribution in [1.82, 2.24) is 0 Å². The highest BCUT2D eigenvalue weighted by molar-refractivity contribution is 5.98. The minimum absolute atomic E-state index is 0.329. The van der Waals surface area contributed by atoms with E-state index in [2.05, 4.69) is 60.7 Å². The zero-order valence-corrected chi connectivity index (χ0v) is 12.5. The van der Waals surface area contributed by atoms with Gasteiger partial charge in [0.2, 0.25) is 0 Å². The standard InChI is InChI=1S/C14H10.C7H8O/c1-2-6-12-10-14-8-4-3-7-13(14)9-11(12)5-1;1-6-2-4-7(8)5-3-6/h1-10H;2-5,8H,1H3. The first kappa shape index (κ1) is 14.2. The Hall–Kier alpha value is -2.80. The summed E-state index contributed by atoms with van der Waals surface area (Å²) in [7, 11) is 0. The third-order valence-electron chi connectivity index (χ3n) is 3.65. The largest absolute Gasteiger partial charge is 0.508 e. The van der Waals surface area contributed by atoms with Gasteiger partial charge in [-0.15, -0.1) is 0 Å². The van der Waals surface area contributed by atoms with E-state index in [0.29, 0.717) is 5.75 Å². The van der Waals surface area contributed by atoms with Crippen LogP contribution in [-0.4, -0.2) is 5.11 Å². The molecule has 0 bridgehead atoms. The smallest absolute Gasteiger partial charge is 0.115 e. The molecule has 0 atom stereocenters. The van der Waals surface area contributed by atoms with Crippen LogP contribution in [0, 0.1) is 6.92 Å². The van der Waals surface area contributed by atoms with Crippen LogP contribution in [0.5, 0.6) is 5.75 Å². The van der Waals surface area contributed by atoms with Crippen LogP contribution in [0.25, 0.3) is 21.5 Å². The molecule has 0 saturated heterocycles. The molecule has 0 aliphatic heterocycles. The summed E-state index contributed by atoms with van der Waals surface area (Å²) in [5, 5.41) is 14.0. The Morgan fingerprint density at radius 1 is 0.545 bits per heavy atom. The van der Waals surface area contributed by atoms with Crippen LogP contribution in [0.2, 0.25) is 0 Å². The first-order valence-corrected chi connectivity index (χ1v) is 7.35. The molecule has 4 aromatic carbocycles. The van der Waals surface area contributed by atoms with E-state index in [0.717, 1.165) is 0 Å². The molecule has 1 nitrogen and oxygen atoms in total. The first-order valence-electron chi connectivity index (χ1n) is 7.35. The molecule has 22 heavy (non-hydrogen) atoms. The van der Waals surface area contributed by atoms with Crippen LogP contribution >= 0.6 is 0 Å². The highest BCUT2D eigenvalue weighted by atomic mass is 16.3. The molecule has 0 spiro atoms. The summed E-state index contributed by atoms with van der Waals surface area (Å²) in [5.41, 5.74) is 1.17. The van der Waals surface area contributed by atoms with Gasteiger partial charge in [0.05, 0.1) is 0 Å². The number of hydrogen-bond acceptors (Lipinski definition) is 1. The van der Waals surface area contributed by atoms with E-state index in [-0.39, 0.29) is 0 Å². The summed E-state index contributed by atoms with van der Waals surface area (Å²) in [6, 6.07) is 28.5. The Labute approximate surface area is 130 Å². The van der Waals surface area contributed by atoms with Crippen molar-refractivity contribution in [1.29, 1.82) is 0 Å². The summed E-state index contributed by atoms with van der Waals surface area (Å²) in [5.74, 6) is 0.329. The SMILES string of the molecule is Cc1ccc(O)cc1.c1ccc2cc3ccccc3cc2c1. The summed E-state index contributed by atoms with van der Waals surface area (Å²) in [6.45, 7) is 1.99. The maximum atomic E-state index is 8.76. The predicted octanol–water partition coefficient (Wildman–Crippen LogP) is 5.69. The second-order valence-corrected chi connectivity index (χ2v) is 5.38. The van der Waals surface area contributed by atoms with Gasteiger partial charge in [-0.3, -0.25) is 0 Å². The molecule has 0 aliphatic rings. The summed E-state index contributed by atoms with van der Waals surface area (Å²) in [4.78, 5) is 0. The summed E-state index contributed by atoms with van der Waals surface area (Å²) < 4.78 is 0. The average molecular weight is 286 g/mol. The van der Waals surface area contributed by atoms with Gasteiger partial charge in [0, 0.05) is 0 Å². The predicted molar refractivity (Wildman–Crippen MR) is 94.3 cm³/mol. The van der Waals surface area contributed by atoms with Gasteiger partial charge in [-0.1, -0.05) is 66.2 Å². The Morgan fingerprint density at radius 3 is 1.23 bits per heavy atom. The number of phenols is 1. The zero-order valence-electron chi connectivity index (χ0n) is 12.5. The van der Waals surface area contributed by atoms with Crippen molar-refractivity contribution in [3.8, 4) is 5.75 Å². The van der Waals surface area contributed by atoms with Gasteiger partial charge in [-0.05, 0) is 52.7 Å². The average Bonchev–Trinajstić information content (AvgIpc) is 2.56. The molecule has 0 unspecified atom stereocenters. The van der Waals surface area contributed by atoms with Crippen LogP contribution in [-0.2, 0) is 0 Å². The van der Waals surface area contributed by atoms with Crippen molar-refractivity contribution >= 4 is 21.5 Å². The number of phenolic OH excluding ortho intramolecular Hbond substituents is 1. The normalized spacial score (nSPS) is 10.2. The maximum Gasteiger partial charge on any atom is 0.115 e. The van der Waals surface area contributed by atoms with Crippen LogP contribution in [0.4, 0.5) is 0 Å². The molecule has 0 saturated carbocycles. The quantitative estimate of drug-likeness (QED) is 0.411. The number of aromatic hydroxyl groups is 1. The van der Waals surface area contributed by atoms with E-state index in [1.807, 2.05) is 19.1 Å². The van der Waals surface area contributed by atoms with Gasteiger partial charge in [0.25, 0.3) is 0 Å². The number of fused-ring (bicyclic) bond motifs is 2. The van der Waals surface area contributed by atoms with E-state index in [1.165, 1.54) is 27.1 Å². The first-order chi connectivity index (χ1) is 10.7. The van der Waals surface area contributed by atoms with Gasteiger partial charge in [-0.25, -0.2) is 0 Å². The van der Waals surface area contributed by atoms with Crippen LogP contribution in [0.1, 0.15) is 5.56 Å². The van der Waals surface area contributed by atoms with Crippen LogP contribution < -0.4 is 0 Å². The molecule has 1 N–H and O–H groups in total. The van der Waals surface area contributed by atoms with Crippen LogP contribution in [0.3, 0.4) is 0 Å². The Bertz CT molecular complexity index is 766. The third-order valence-corrected chi connectivity index (χ3v) is 3.65. The lowest BCUT2D eigenvalue weighted by molar-refractivity contribution is 0.475. The Balaban J connectivity index is 0.000000154. The molecular weight excluding hydrogens is 268 g/mol. The second kappa shape index (κ2) is 6.31. The van der Waals surface area contributed by atoms with Crippen LogP contribution in [0.15, 0.2) is 84.9 Å². The number of hydrogen-bond donors (Lipinski definition) is 1. The zero-order chi connectivity index (χ0) is 15.4. The molecule has 0 heterocycles. The fourth-order valence-corrected chi connectivity index (χ4v) is 2.43. The fraction of sp³-hybridized carbons (Fsp3) is 0.0476. The molecule has 0 aromatic heterocycles. The lowest BCUT2D eigenvalue weighted by atomic mass is 10.0. The summed E-state index contributed by atoms with van der Waals surface area (Å²) in [6.07, 6.45) is 0. The number of aryl methyl sites for hydroxylation is 1. The molecule has 0 amide bonds. The molecule has 0 aliphatic carbocycles. The van der Waals surface area contributed by atoms with E-state index in [9.17, 15) is 0 Å². The number of benzene rings is 4. The van der Waals surface area contributed by atoms with Crippen molar-refractivity contribution in [3.63, 3.8) is 0 Å². The Morgan fingerprint density at radius 2 is 0.909 bits per heavy atom. The van der Waals surface area contributed by atoms with Crippen molar-refractivity contribution in [2.24, 2.45) is 0 Å². The third kappa shape index (κ3) is 3.26. The van der Waals surface area contributed by atoms with Gasteiger partial charge in [0.15, 0.2) is 0 Å². The minimum Gasteiger partial charge on any atom is -0.508 e. The van der Waals surface area contributed by atoms with Gasteiger partial charge >= 0.3 is 0 Å².